The summed E-state index contributed by atoms with van der Waals surface area (Å²) in [5, 5.41) is 5.31. The van der Waals surface area contributed by atoms with Crippen LogP contribution in [0.2, 0.25) is 0 Å². The van der Waals surface area contributed by atoms with Crippen molar-refractivity contribution in [2.24, 2.45) is 0 Å². The number of amides is 2. The summed E-state index contributed by atoms with van der Waals surface area (Å²) < 4.78 is 6.22. The van der Waals surface area contributed by atoms with Crippen LogP contribution in [0, 0.1) is 10.5 Å². The molecule has 1 aromatic rings. The summed E-state index contributed by atoms with van der Waals surface area (Å²) in [6, 6.07) is 5.05. The van der Waals surface area contributed by atoms with E-state index >= 15 is 0 Å². The fourth-order valence-electron chi connectivity index (χ4n) is 1.56. The molecule has 2 N–H and O–H groups in total. The molecule has 5 nitrogen and oxygen atoms in total. The maximum Gasteiger partial charge on any atom is 0.408 e. The van der Waals surface area contributed by atoms with Crippen LogP contribution in [0.15, 0.2) is 18.2 Å². The minimum atomic E-state index is -0.682. The van der Waals surface area contributed by atoms with E-state index in [0.717, 1.165) is 14.8 Å². The monoisotopic (exact) mass is 404 g/mol. The average molecular weight is 404 g/mol. The second-order valence-electron chi connectivity index (χ2n) is 5.82. The third kappa shape index (κ3) is 6.33. The molecule has 0 bridgehead atoms. The molecule has 0 saturated heterocycles. The Morgan fingerprint density at radius 3 is 2.43 bits per heavy atom. The number of aryl methyl sites for hydroxylation is 1. The SMILES string of the molecule is Cc1cc(I)ccc1NC(=O)C(C)NC(=O)OC(C)(C)C. The van der Waals surface area contributed by atoms with Crippen LogP contribution in [0.25, 0.3) is 0 Å². The average Bonchev–Trinajstić information content (AvgIpc) is 2.29. The van der Waals surface area contributed by atoms with E-state index in [1.54, 1.807) is 27.7 Å². The van der Waals surface area contributed by atoms with Gasteiger partial charge >= 0.3 is 6.09 Å². The van der Waals surface area contributed by atoms with Crippen molar-refractivity contribution in [1.29, 1.82) is 0 Å². The summed E-state index contributed by atoms with van der Waals surface area (Å²) in [6.45, 7) is 8.84. The van der Waals surface area contributed by atoms with Crippen molar-refractivity contribution in [2.75, 3.05) is 5.32 Å². The molecule has 1 unspecified atom stereocenters. The van der Waals surface area contributed by atoms with Gasteiger partial charge in [-0.05, 0) is 81.0 Å². The Morgan fingerprint density at radius 2 is 1.90 bits per heavy atom. The van der Waals surface area contributed by atoms with E-state index in [0.29, 0.717) is 0 Å². The molecular formula is C15H21IN2O3. The molecule has 6 heteroatoms. The number of ether oxygens (including phenoxy) is 1. The fourth-order valence-corrected chi connectivity index (χ4v) is 2.21. The van der Waals surface area contributed by atoms with Crippen LogP contribution in [0.5, 0.6) is 0 Å². The maximum atomic E-state index is 12.1. The molecule has 0 fully saturated rings. The molecule has 0 radical (unpaired) electrons. The number of hydrogen-bond acceptors (Lipinski definition) is 3. The van der Waals surface area contributed by atoms with Gasteiger partial charge in [0.15, 0.2) is 0 Å². The van der Waals surface area contributed by atoms with Gasteiger partial charge in [0.1, 0.15) is 11.6 Å². The van der Waals surface area contributed by atoms with E-state index in [1.807, 2.05) is 25.1 Å². The molecular weight excluding hydrogens is 383 g/mol. The number of rotatable bonds is 3. The number of hydrogen-bond donors (Lipinski definition) is 2. The summed E-state index contributed by atoms with van der Waals surface area (Å²) in [7, 11) is 0. The molecule has 2 amide bonds. The smallest absolute Gasteiger partial charge is 0.408 e. The third-order valence-electron chi connectivity index (χ3n) is 2.57. The van der Waals surface area contributed by atoms with Crippen LogP contribution in [-0.2, 0) is 9.53 Å². The normalized spacial score (nSPS) is 12.5. The van der Waals surface area contributed by atoms with E-state index in [4.69, 9.17) is 4.74 Å². The van der Waals surface area contributed by atoms with Crippen LogP contribution < -0.4 is 10.6 Å². The third-order valence-corrected chi connectivity index (χ3v) is 3.24. The number of halogens is 1. The Morgan fingerprint density at radius 1 is 1.29 bits per heavy atom. The molecule has 0 aromatic heterocycles. The summed E-state index contributed by atoms with van der Waals surface area (Å²) in [5.41, 5.74) is 1.12. The van der Waals surface area contributed by atoms with Crippen molar-refractivity contribution in [1.82, 2.24) is 5.32 Å². The summed E-state index contributed by atoms with van der Waals surface area (Å²) in [6.07, 6.45) is -0.607. The molecule has 21 heavy (non-hydrogen) atoms. The molecule has 0 aliphatic carbocycles. The number of carbonyl (C=O) groups excluding carboxylic acids is 2. The Hall–Kier alpha value is -1.31. The molecule has 116 valence electrons. The lowest BCUT2D eigenvalue weighted by molar-refractivity contribution is -0.117. The predicted molar refractivity (Wildman–Crippen MR) is 91.4 cm³/mol. The van der Waals surface area contributed by atoms with Gasteiger partial charge in [0.25, 0.3) is 0 Å². The van der Waals surface area contributed by atoms with E-state index in [2.05, 4.69) is 33.2 Å². The van der Waals surface area contributed by atoms with Crippen molar-refractivity contribution in [2.45, 2.75) is 46.3 Å². The van der Waals surface area contributed by atoms with Crippen molar-refractivity contribution in [3.63, 3.8) is 0 Å². The lowest BCUT2D eigenvalue weighted by Gasteiger charge is -2.21. The highest BCUT2D eigenvalue weighted by Gasteiger charge is 2.21. The van der Waals surface area contributed by atoms with Gasteiger partial charge < -0.3 is 15.4 Å². The van der Waals surface area contributed by atoms with E-state index in [9.17, 15) is 9.59 Å². The molecule has 0 aliphatic heterocycles. The van der Waals surface area contributed by atoms with E-state index in [1.165, 1.54) is 0 Å². The Kier molecular flexibility index (Phi) is 6.00. The van der Waals surface area contributed by atoms with Gasteiger partial charge in [0.05, 0.1) is 0 Å². The number of alkyl carbamates (subject to hydrolysis) is 1. The topological polar surface area (TPSA) is 67.4 Å². The maximum absolute atomic E-state index is 12.1. The van der Waals surface area contributed by atoms with Crippen molar-refractivity contribution in [3.05, 3.63) is 27.3 Å². The predicted octanol–water partition coefficient (Wildman–Crippen LogP) is 3.45. The first kappa shape index (κ1) is 17.7. The zero-order valence-electron chi connectivity index (χ0n) is 12.9. The van der Waals surface area contributed by atoms with E-state index < -0.39 is 17.7 Å². The summed E-state index contributed by atoms with van der Waals surface area (Å²) in [4.78, 5) is 23.7. The van der Waals surface area contributed by atoms with Gasteiger partial charge in [0, 0.05) is 9.26 Å². The lowest BCUT2D eigenvalue weighted by Crippen LogP contribution is -2.44. The molecule has 1 rings (SSSR count). The quantitative estimate of drug-likeness (QED) is 0.759. The lowest BCUT2D eigenvalue weighted by atomic mass is 10.2. The van der Waals surface area contributed by atoms with Crippen molar-refractivity contribution >= 4 is 40.3 Å². The first-order valence-corrected chi connectivity index (χ1v) is 7.73. The van der Waals surface area contributed by atoms with Gasteiger partial charge in [0.2, 0.25) is 5.91 Å². The van der Waals surface area contributed by atoms with Gasteiger partial charge in [-0.3, -0.25) is 4.79 Å². The number of carbonyl (C=O) groups is 2. The molecule has 0 spiro atoms. The van der Waals surface area contributed by atoms with Gasteiger partial charge in [-0.25, -0.2) is 4.79 Å². The van der Waals surface area contributed by atoms with Gasteiger partial charge in [-0.1, -0.05) is 0 Å². The highest BCUT2D eigenvalue weighted by molar-refractivity contribution is 14.1. The molecule has 0 saturated carbocycles. The standard InChI is InChI=1S/C15H21IN2O3/c1-9-8-11(16)6-7-12(9)18-13(19)10(2)17-14(20)21-15(3,4)5/h6-8,10H,1-5H3,(H,17,20)(H,18,19). The molecule has 0 heterocycles. The van der Waals surface area contributed by atoms with Gasteiger partial charge in [-0.2, -0.15) is 0 Å². The van der Waals surface area contributed by atoms with Crippen LogP contribution in [0.1, 0.15) is 33.3 Å². The Labute approximate surface area is 139 Å². The minimum Gasteiger partial charge on any atom is -0.444 e. The Bertz CT molecular complexity index is 538. The summed E-state index contributed by atoms with van der Waals surface area (Å²) in [5.74, 6) is -0.287. The minimum absolute atomic E-state index is 0.287. The number of anilines is 1. The molecule has 1 aromatic carbocycles. The van der Waals surface area contributed by atoms with Crippen molar-refractivity contribution in [3.8, 4) is 0 Å². The van der Waals surface area contributed by atoms with Crippen LogP contribution >= 0.6 is 22.6 Å². The zero-order chi connectivity index (χ0) is 16.2. The second kappa shape index (κ2) is 7.11. The first-order valence-electron chi connectivity index (χ1n) is 6.65. The van der Waals surface area contributed by atoms with Crippen molar-refractivity contribution < 1.29 is 14.3 Å². The van der Waals surface area contributed by atoms with E-state index in [-0.39, 0.29) is 5.91 Å². The second-order valence-corrected chi connectivity index (χ2v) is 7.06. The fraction of sp³-hybridized carbons (Fsp3) is 0.467. The van der Waals surface area contributed by atoms with Crippen LogP contribution in [0.4, 0.5) is 10.5 Å². The molecule has 0 aliphatic rings. The van der Waals surface area contributed by atoms with Gasteiger partial charge in [-0.15, -0.1) is 0 Å². The highest BCUT2D eigenvalue weighted by Crippen LogP contribution is 2.17. The number of benzene rings is 1. The highest BCUT2D eigenvalue weighted by atomic mass is 127. The Balaban J connectivity index is 2.61. The number of nitrogens with one attached hydrogen (secondary N) is 2. The van der Waals surface area contributed by atoms with Crippen LogP contribution in [0.3, 0.4) is 0 Å². The largest absolute Gasteiger partial charge is 0.444 e. The first-order chi connectivity index (χ1) is 9.58. The van der Waals surface area contributed by atoms with Crippen LogP contribution in [-0.4, -0.2) is 23.6 Å². The molecule has 1 atom stereocenters. The zero-order valence-corrected chi connectivity index (χ0v) is 15.1. The summed E-state index contributed by atoms with van der Waals surface area (Å²) >= 11 is 2.21.